The van der Waals surface area contributed by atoms with Crippen molar-refractivity contribution in [2.24, 2.45) is 23.7 Å². The Balaban J connectivity index is 1.37. The third kappa shape index (κ3) is 2.92. The predicted molar refractivity (Wildman–Crippen MR) is 82.9 cm³/mol. The van der Waals surface area contributed by atoms with Gasteiger partial charge >= 0.3 is 6.18 Å². The first-order valence-corrected chi connectivity index (χ1v) is 8.63. The molecule has 0 unspecified atom stereocenters. The number of hydrogen-bond acceptors (Lipinski definition) is 2. The second-order valence-corrected chi connectivity index (χ2v) is 7.63. The van der Waals surface area contributed by atoms with Gasteiger partial charge in [-0.25, -0.2) is 5.43 Å². The Morgan fingerprint density at radius 1 is 0.917 bits per heavy atom. The molecule has 130 valence electrons. The molecule has 4 bridgehead atoms. The summed E-state index contributed by atoms with van der Waals surface area (Å²) in [5, 5.41) is 0. The van der Waals surface area contributed by atoms with Gasteiger partial charge in [-0.05, 0) is 80.0 Å². The molecule has 4 aliphatic rings. The predicted octanol–water partition coefficient (Wildman–Crippen LogP) is 3.76. The second kappa shape index (κ2) is 5.76. The SMILES string of the molecule is O=C(NNC1C2CC3CC(C2)CC1C3)c1ccc(C(F)(F)F)cc1. The van der Waals surface area contributed by atoms with E-state index in [1.807, 2.05) is 0 Å². The van der Waals surface area contributed by atoms with E-state index < -0.39 is 11.7 Å². The van der Waals surface area contributed by atoms with E-state index in [1.165, 1.54) is 44.2 Å². The van der Waals surface area contributed by atoms with Crippen LogP contribution in [0.25, 0.3) is 0 Å². The van der Waals surface area contributed by atoms with Crippen LogP contribution in [0, 0.1) is 23.7 Å². The summed E-state index contributed by atoms with van der Waals surface area (Å²) in [4.78, 5) is 12.2. The molecule has 0 heterocycles. The van der Waals surface area contributed by atoms with E-state index in [-0.39, 0.29) is 11.5 Å². The Morgan fingerprint density at radius 2 is 1.46 bits per heavy atom. The van der Waals surface area contributed by atoms with Gasteiger partial charge < -0.3 is 0 Å². The number of benzene rings is 1. The molecule has 0 aromatic heterocycles. The first-order valence-electron chi connectivity index (χ1n) is 8.63. The van der Waals surface area contributed by atoms with Crippen LogP contribution in [0.15, 0.2) is 24.3 Å². The molecular formula is C18H21F3N2O. The number of hydrogen-bond donors (Lipinski definition) is 2. The molecule has 1 aromatic carbocycles. The molecule has 0 saturated heterocycles. The lowest BCUT2D eigenvalue weighted by Gasteiger charge is -2.54. The molecule has 0 radical (unpaired) electrons. The fourth-order valence-corrected chi connectivity index (χ4v) is 5.19. The van der Waals surface area contributed by atoms with Crippen molar-refractivity contribution in [3.8, 4) is 0 Å². The summed E-state index contributed by atoms with van der Waals surface area (Å²) in [6.45, 7) is 0. The molecule has 0 spiro atoms. The molecule has 5 rings (SSSR count). The van der Waals surface area contributed by atoms with Crippen molar-refractivity contribution in [3.05, 3.63) is 35.4 Å². The smallest absolute Gasteiger partial charge is 0.287 e. The van der Waals surface area contributed by atoms with Crippen LogP contribution in [0.1, 0.15) is 48.0 Å². The molecule has 1 aromatic rings. The largest absolute Gasteiger partial charge is 0.416 e. The molecule has 4 saturated carbocycles. The summed E-state index contributed by atoms with van der Waals surface area (Å²) >= 11 is 0. The Kier molecular flexibility index (Phi) is 3.82. The highest BCUT2D eigenvalue weighted by Gasteiger charge is 2.48. The van der Waals surface area contributed by atoms with Crippen molar-refractivity contribution in [2.45, 2.75) is 44.3 Å². The summed E-state index contributed by atoms with van der Waals surface area (Å²) in [7, 11) is 0. The molecule has 4 fully saturated rings. The van der Waals surface area contributed by atoms with Gasteiger partial charge in [0.05, 0.1) is 5.56 Å². The molecular weight excluding hydrogens is 317 g/mol. The molecule has 6 heteroatoms. The van der Waals surface area contributed by atoms with Gasteiger partial charge in [-0.15, -0.1) is 0 Å². The summed E-state index contributed by atoms with van der Waals surface area (Å²) in [6, 6.07) is 4.62. The first kappa shape index (κ1) is 15.9. The van der Waals surface area contributed by atoms with Crippen LogP contribution in [-0.2, 0) is 6.18 Å². The van der Waals surface area contributed by atoms with E-state index >= 15 is 0 Å². The van der Waals surface area contributed by atoms with Crippen molar-refractivity contribution in [1.29, 1.82) is 0 Å². The van der Waals surface area contributed by atoms with Crippen molar-refractivity contribution >= 4 is 5.91 Å². The first-order chi connectivity index (χ1) is 11.4. The number of rotatable bonds is 3. The number of halogens is 3. The summed E-state index contributed by atoms with van der Waals surface area (Å²) < 4.78 is 37.7. The zero-order valence-electron chi connectivity index (χ0n) is 13.3. The number of carbonyl (C=O) groups excluding carboxylic acids is 1. The quantitative estimate of drug-likeness (QED) is 0.824. The fraction of sp³-hybridized carbons (Fsp3) is 0.611. The second-order valence-electron chi connectivity index (χ2n) is 7.63. The molecule has 1 amide bonds. The third-order valence-electron chi connectivity index (χ3n) is 6.05. The van der Waals surface area contributed by atoms with Gasteiger partial charge in [0.25, 0.3) is 5.91 Å². The fourth-order valence-electron chi connectivity index (χ4n) is 5.19. The lowest BCUT2D eigenvalue weighted by molar-refractivity contribution is -0.137. The van der Waals surface area contributed by atoms with Crippen molar-refractivity contribution in [2.75, 3.05) is 0 Å². The average Bonchev–Trinajstić information content (AvgIpc) is 2.52. The highest BCUT2D eigenvalue weighted by atomic mass is 19.4. The minimum Gasteiger partial charge on any atom is -0.287 e. The van der Waals surface area contributed by atoms with E-state index in [2.05, 4.69) is 10.9 Å². The number of amides is 1. The van der Waals surface area contributed by atoms with Gasteiger partial charge in [-0.3, -0.25) is 10.2 Å². The third-order valence-corrected chi connectivity index (χ3v) is 6.05. The van der Waals surface area contributed by atoms with Crippen LogP contribution in [0.5, 0.6) is 0 Å². The lowest BCUT2D eigenvalue weighted by Crippen LogP contribution is -2.58. The summed E-state index contributed by atoms with van der Waals surface area (Å²) in [5.74, 6) is 2.58. The van der Waals surface area contributed by atoms with Crippen LogP contribution in [0.2, 0.25) is 0 Å². The van der Waals surface area contributed by atoms with Gasteiger partial charge in [0.1, 0.15) is 0 Å². The maximum absolute atomic E-state index is 12.6. The van der Waals surface area contributed by atoms with Crippen LogP contribution < -0.4 is 10.9 Å². The molecule has 0 atom stereocenters. The Morgan fingerprint density at radius 3 is 1.96 bits per heavy atom. The molecule has 24 heavy (non-hydrogen) atoms. The van der Waals surface area contributed by atoms with Gasteiger partial charge in [0.15, 0.2) is 0 Å². The van der Waals surface area contributed by atoms with E-state index in [0.29, 0.717) is 17.9 Å². The average molecular weight is 338 g/mol. The topological polar surface area (TPSA) is 41.1 Å². The summed E-state index contributed by atoms with van der Waals surface area (Å²) in [6.07, 6.45) is 1.94. The monoisotopic (exact) mass is 338 g/mol. The van der Waals surface area contributed by atoms with Crippen LogP contribution in [0.3, 0.4) is 0 Å². The lowest BCUT2D eigenvalue weighted by atomic mass is 9.54. The molecule has 3 nitrogen and oxygen atoms in total. The Labute approximate surface area is 139 Å². The molecule has 4 aliphatic carbocycles. The molecule has 2 N–H and O–H groups in total. The van der Waals surface area contributed by atoms with Crippen LogP contribution in [0.4, 0.5) is 13.2 Å². The van der Waals surface area contributed by atoms with Gasteiger partial charge in [0.2, 0.25) is 0 Å². The van der Waals surface area contributed by atoms with Crippen LogP contribution in [-0.4, -0.2) is 11.9 Å². The van der Waals surface area contributed by atoms with Crippen LogP contribution >= 0.6 is 0 Å². The van der Waals surface area contributed by atoms with Gasteiger partial charge in [-0.2, -0.15) is 13.2 Å². The zero-order chi connectivity index (χ0) is 16.9. The number of alkyl halides is 3. The van der Waals surface area contributed by atoms with Crippen molar-refractivity contribution in [3.63, 3.8) is 0 Å². The van der Waals surface area contributed by atoms with Gasteiger partial charge in [0, 0.05) is 11.6 Å². The van der Waals surface area contributed by atoms with Gasteiger partial charge in [-0.1, -0.05) is 0 Å². The van der Waals surface area contributed by atoms with E-state index in [4.69, 9.17) is 0 Å². The Hall–Kier alpha value is -1.56. The minimum atomic E-state index is -4.38. The van der Waals surface area contributed by atoms with E-state index in [1.54, 1.807) is 0 Å². The highest BCUT2D eigenvalue weighted by molar-refractivity contribution is 5.93. The minimum absolute atomic E-state index is 0.235. The maximum Gasteiger partial charge on any atom is 0.416 e. The van der Waals surface area contributed by atoms with Crippen molar-refractivity contribution in [1.82, 2.24) is 10.9 Å². The maximum atomic E-state index is 12.6. The number of hydrazine groups is 1. The van der Waals surface area contributed by atoms with E-state index in [9.17, 15) is 18.0 Å². The normalized spacial score (nSPS) is 34.4. The number of nitrogens with one attached hydrogen (secondary N) is 2. The number of carbonyl (C=O) groups is 1. The standard InChI is InChI=1S/C18H21F3N2O/c19-18(20,21)15-3-1-12(2-4-15)17(24)23-22-16-13-6-10-5-11(8-13)9-14(16)7-10/h1-4,10-11,13-14,16,22H,5-9H2,(H,23,24). The molecule has 0 aliphatic heterocycles. The zero-order valence-corrected chi connectivity index (χ0v) is 13.3. The highest BCUT2D eigenvalue weighted by Crippen LogP contribution is 2.53. The van der Waals surface area contributed by atoms with E-state index in [0.717, 1.165) is 24.0 Å². The Bertz CT molecular complexity index is 598. The summed E-state index contributed by atoms with van der Waals surface area (Å²) in [5.41, 5.74) is 5.39. The van der Waals surface area contributed by atoms with Crippen molar-refractivity contribution < 1.29 is 18.0 Å².